The van der Waals surface area contributed by atoms with E-state index < -0.39 is 11.7 Å². The van der Waals surface area contributed by atoms with E-state index >= 15 is 0 Å². The average Bonchev–Trinajstić information content (AvgIpc) is 2.76. The van der Waals surface area contributed by atoms with Gasteiger partial charge in [0.25, 0.3) is 0 Å². The number of hydrogen-bond acceptors (Lipinski definition) is 5. The summed E-state index contributed by atoms with van der Waals surface area (Å²) >= 11 is 6.28. The van der Waals surface area contributed by atoms with Crippen molar-refractivity contribution in [3.05, 3.63) is 33.8 Å². The Morgan fingerprint density at radius 3 is 2.57 bits per heavy atom. The number of hydrogen-bond donors (Lipinski definition) is 1. The molecule has 0 saturated carbocycles. The second-order valence-corrected chi connectivity index (χ2v) is 7.14. The van der Waals surface area contributed by atoms with Gasteiger partial charge in [0, 0.05) is 0 Å². The zero-order valence-corrected chi connectivity index (χ0v) is 14.0. The number of carbonyl (C=O) groups is 1. The van der Waals surface area contributed by atoms with Crippen LogP contribution in [0.25, 0.3) is 0 Å². The van der Waals surface area contributed by atoms with Gasteiger partial charge in [-0.1, -0.05) is 29.5 Å². The lowest BCUT2D eigenvalue weighted by molar-refractivity contribution is 0.0598. The molecule has 1 amide bonds. The third kappa shape index (κ3) is 3.89. The molecule has 21 heavy (non-hydrogen) atoms. The molecule has 2 rings (SSSR count). The molecule has 2 aromatic rings. The lowest BCUT2D eigenvalue weighted by Crippen LogP contribution is -2.34. The van der Waals surface area contributed by atoms with Gasteiger partial charge in [-0.25, -0.2) is 9.69 Å². The zero-order valence-electron chi connectivity index (χ0n) is 12.3. The van der Waals surface area contributed by atoms with E-state index in [0.29, 0.717) is 9.09 Å². The van der Waals surface area contributed by atoms with Crippen LogP contribution in [0.5, 0.6) is 0 Å². The summed E-state index contributed by atoms with van der Waals surface area (Å²) in [4.78, 5) is 14.0. The van der Waals surface area contributed by atoms with Crippen LogP contribution in [-0.4, -0.2) is 21.9 Å². The van der Waals surface area contributed by atoms with Gasteiger partial charge in [-0.05, 0) is 51.5 Å². The number of aromatic amines is 1. The van der Waals surface area contributed by atoms with Crippen molar-refractivity contribution in [1.29, 1.82) is 0 Å². The summed E-state index contributed by atoms with van der Waals surface area (Å²) in [7, 11) is 0. The molecule has 5 nitrogen and oxygen atoms in total. The molecule has 1 N–H and O–H groups in total. The van der Waals surface area contributed by atoms with Crippen LogP contribution in [0.3, 0.4) is 0 Å². The number of para-hydroxylation sites is 1. The number of H-pyrrole nitrogens is 1. The van der Waals surface area contributed by atoms with Gasteiger partial charge in [0.15, 0.2) is 3.95 Å². The summed E-state index contributed by atoms with van der Waals surface area (Å²) < 4.78 is 5.99. The molecular weight excluding hydrogens is 306 g/mol. The van der Waals surface area contributed by atoms with Crippen molar-refractivity contribution in [2.45, 2.75) is 33.3 Å². The van der Waals surface area contributed by atoms with Crippen LogP contribution in [0.4, 0.5) is 15.6 Å². The summed E-state index contributed by atoms with van der Waals surface area (Å²) in [5.74, 6) is 0. The number of aromatic nitrogens is 2. The Morgan fingerprint density at radius 2 is 2.05 bits per heavy atom. The predicted molar refractivity (Wildman–Crippen MR) is 86.9 cm³/mol. The SMILES string of the molecule is Cc1ccccc1N(C(=O)OC(C)(C)C)c1n[nH]c(=S)s1. The largest absolute Gasteiger partial charge is 0.443 e. The Balaban J connectivity index is 2.48. The van der Waals surface area contributed by atoms with Gasteiger partial charge in [-0.2, -0.15) is 0 Å². The maximum Gasteiger partial charge on any atom is 0.421 e. The van der Waals surface area contributed by atoms with Crippen molar-refractivity contribution >= 4 is 40.5 Å². The molecule has 1 aromatic carbocycles. The van der Waals surface area contributed by atoms with Gasteiger partial charge in [0.2, 0.25) is 5.13 Å². The van der Waals surface area contributed by atoms with E-state index in [1.54, 1.807) is 0 Å². The van der Waals surface area contributed by atoms with Gasteiger partial charge in [0.05, 0.1) is 5.69 Å². The minimum Gasteiger partial charge on any atom is -0.443 e. The summed E-state index contributed by atoms with van der Waals surface area (Å²) in [6, 6.07) is 7.56. The highest BCUT2D eigenvalue weighted by Gasteiger charge is 2.27. The fourth-order valence-electron chi connectivity index (χ4n) is 1.72. The number of benzene rings is 1. The van der Waals surface area contributed by atoms with Gasteiger partial charge in [-0.3, -0.25) is 5.10 Å². The lowest BCUT2D eigenvalue weighted by Gasteiger charge is -2.26. The van der Waals surface area contributed by atoms with E-state index in [-0.39, 0.29) is 0 Å². The topological polar surface area (TPSA) is 58.2 Å². The summed E-state index contributed by atoms with van der Waals surface area (Å²) in [5.41, 5.74) is 1.09. The maximum absolute atomic E-state index is 12.5. The van der Waals surface area contributed by atoms with Crippen LogP contribution in [0.15, 0.2) is 24.3 Å². The second kappa shape index (κ2) is 5.95. The number of nitrogens with one attached hydrogen (secondary N) is 1. The van der Waals surface area contributed by atoms with Gasteiger partial charge in [-0.15, -0.1) is 5.10 Å². The van der Waals surface area contributed by atoms with E-state index in [1.807, 2.05) is 52.0 Å². The molecule has 0 atom stereocenters. The number of nitrogens with zero attached hydrogens (tertiary/aromatic N) is 2. The number of ether oxygens (including phenoxy) is 1. The van der Waals surface area contributed by atoms with E-state index in [0.717, 1.165) is 11.3 Å². The highest BCUT2D eigenvalue weighted by atomic mass is 32.1. The molecule has 1 aromatic heterocycles. The molecule has 1 heterocycles. The van der Waals surface area contributed by atoms with Crippen molar-refractivity contribution in [2.75, 3.05) is 4.90 Å². The van der Waals surface area contributed by atoms with Crippen molar-refractivity contribution in [1.82, 2.24) is 10.2 Å². The zero-order chi connectivity index (χ0) is 15.6. The minimum absolute atomic E-state index is 0.462. The van der Waals surface area contributed by atoms with Crippen LogP contribution < -0.4 is 4.90 Å². The molecule has 0 aliphatic carbocycles. The minimum atomic E-state index is -0.588. The third-order valence-electron chi connectivity index (χ3n) is 2.55. The highest BCUT2D eigenvalue weighted by molar-refractivity contribution is 7.73. The highest BCUT2D eigenvalue weighted by Crippen LogP contribution is 2.31. The second-order valence-electron chi connectivity index (χ2n) is 5.50. The standard InChI is InChI=1S/C14H17N3O2S2/c1-9-7-5-6-8-10(9)17(11-15-16-12(20)21-11)13(18)19-14(2,3)4/h5-8H,1-4H3,(H,16,20). The van der Waals surface area contributed by atoms with E-state index in [9.17, 15) is 4.79 Å². The van der Waals surface area contributed by atoms with Crippen molar-refractivity contribution in [3.63, 3.8) is 0 Å². The van der Waals surface area contributed by atoms with Crippen LogP contribution in [-0.2, 0) is 4.74 Å². The van der Waals surface area contributed by atoms with Crippen LogP contribution in [0.2, 0.25) is 0 Å². The quantitative estimate of drug-likeness (QED) is 0.822. The summed E-state index contributed by atoms with van der Waals surface area (Å²) in [6.45, 7) is 7.41. The van der Waals surface area contributed by atoms with Gasteiger partial charge in [0.1, 0.15) is 5.60 Å². The fraction of sp³-hybridized carbons (Fsp3) is 0.357. The number of carbonyl (C=O) groups excluding carboxylic acids is 1. The van der Waals surface area contributed by atoms with Gasteiger partial charge >= 0.3 is 6.09 Å². The summed E-state index contributed by atoms with van der Waals surface area (Å²) in [5, 5.41) is 7.25. The first-order valence-corrected chi connectivity index (χ1v) is 7.64. The van der Waals surface area contributed by atoms with Crippen molar-refractivity contribution < 1.29 is 9.53 Å². The molecule has 0 saturated heterocycles. The Kier molecular flexibility index (Phi) is 4.43. The molecule has 7 heteroatoms. The van der Waals surface area contributed by atoms with Crippen molar-refractivity contribution in [3.8, 4) is 0 Å². The Morgan fingerprint density at radius 1 is 1.38 bits per heavy atom. The smallest absolute Gasteiger partial charge is 0.421 e. The normalized spacial score (nSPS) is 11.2. The molecule has 0 spiro atoms. The lowest BCUT2D eigenvalue weighted by atomic mass is 10.2. The molecule has 0 bridgehead atoms. The molecule has 0 unspecified atom stereocenters. The molecule has 112 valence electrons. The Hall–Kier alpha value is -1.73. The number of anilines is 2. The summed E-state index contributed by atoms with van der Waals surface area (Å²) in [6.07, 6.45) is -0.477. The maximum atomic E-state index is 12.5. The van der Waals surface area contributed by atoms with E-state index in [4.69, 9.17) is 17.0 Å². The first kappa shape index (κ1) is 15.7. The Labute approximate surface area is 132 Å². The van der Waals surface area contributed by atoms with Crippen molar-refractivity contribution in [2.24, 2.45) is 0 Å². The van der Waals surface area contributed by atoms with E-state index in [1.165, 1.54) is 16.2 Å². The first-order chi connectivity index (χ1) is 9.78. The molecule has 0 aliphatic rings. The molecule has 0 fully saturated rings. The average molecular weight is 323 g/mol. The van der Waals surface area contributed by atoms with Gasteiger partial charge < -0.3 is 4.74 Å². The predicted octanol–water partition coefficient (Wildman–Crippen LogP) is 4.58. The monoisotopic (exact) mass is 323 g/mol. The number of rotatable bonds is 2. The number of amides is 1. The fourth-order valence-corrected chi connectivity index (χ4v) is 2.60. The number of aryl methyl sites for hydroxylation is 1. The van der Waals surface area contributed by atoms with Crippen LogP contribution in [0.1, 0.15) is 26.3 Å². The first-order valence-electron chi connectivity index (χ1n) is 6.42. The molecular formula is C14H17N3O2S2. The molecule has 0 radical (unpaired) electrons. The third-order valence-corrected chi connectivity index (χ3v) is 3.62. The van der Waals surface area contributed by atoms with Crippen LogP contribution >= 0.6 is 23.6 Å². The Bertz CT molecular complexity index is 700. The van der Waals surface area contributed by atoms with Crippen LogP contribution in [0, 0.1) is 10.9 Å². The molecule has 0 aliphatic heterocycles. The van der Waals surface area contributed by atoms with E-state index in [2.05, 4.69) is 10.2 Å².